The van der Waals surface area contributed by atoms with E-state index >= 15 is 0 Å². The monoisotopic (exact) mass is 537 g/mol. The Morgan fingerprint density at radius 3 is 2.61 bits per heavy atom. The van der Waals surface area contributed by atoms with Crippen LogP contribution < -0.4 is 10.1 Å². The minimum absolute atomic E-state index is 0.657. The molecule has 1 N–H and O–H groups in total. The molecule has 0 aliphatic rings. The third-order valence-corrected chi connectivity index (χ3v) is 6.81. The highest BCUT2D eigenvalue weighted by atomic mass is 79.9. The second-order valence-electron chi connectivity index (χ2n) is 7.58. The minimum atomic E-state index is 0.657. The number of nitrogens with zero attached hydrogens (tertiary/aromatic N) is 2. The van der Waals surface area contributed by atoms with Gasteiger partial charge >= 0.3 is 0 Å². The van der Waals surface area contributed by atoms with Crippen LogP contribution in [0.5, 0.6) is 5.75 Å². The van der Waals surface area contributed by atoms with Crippen molar-refractivity contribution < 1.29 is 4.74 Å². The lowest BCUT2D eigenvalue weighted by atomic mass is 10.1. The highest BCUT2D eigenvalue weighted by Gasteiger charge is 2.14. The molecule has 0 radical (unpaired) electrons. The average Bonchev–Trinajstić information content (AvgIpc) is 3.41. The first-order valence-electron chi connectivity index (χ1n) is 10.6. The molecule has 166 valence electrons. The van der Waals surface area contributed by atoms with Crippen molar-refractivity contribution in [2.24, 2.45) is 0 Å². The zero-order chi connectivity index (χ0) is 22.8. The normalized spacial score (nSPS) is 11.1. The van der Waals surface area contributed by atoms with Gasteiger partial charge in [-0.3, -0.25) is 0 Å². The molecule has 4 nitrogen and oxygen atoms in total. The van der Waals surface area contributed by atoms with Crippen LogP contribution in [-0.4, -0.2) is 16.2 Å². The van der Waals surface area contributed by atoms with Crippen molar-refractivity contribution in [1.82, 2.24) is 9.55 Å². The van der Waals surface area contributed by atoms with E-state index in [-0.39, 0.29) is 0 Å². The average molecular weight is 539 g/mol. The molecule has 2 aromatic heterocycles. The van der Waals surface area contributed by atoms with Gasteiger partial charge in [-0.25, -0.2) is 4.98 Å². The van der Waals surface area contributed by atoms with Gasteiger partial charge in [0, 0.05) is 49.8 Å². The van der Waals surface area contributed by atoms with Gasteiger partial charge in [0.15, 0.2) is 5.13 Å². The van der Waals surface area contributed by atoms with Crippen molar-refractivity contribution >= 4 is 60.6 Å². The molecule has 0 fully saturated rings. The first-order chi connectivity index (χ1) is 16.1. The Labute approximate surface area is 209 Å². The summed E-state index contributed by atoms with van der Waals surface area (Å²) in [7, 11) is 0. The molecule has 0 saturated heterocycles. The Morgan fingerprint density at radius 2 is 1.85 bits per heavy atom. The van der Waals surface area contributed by atoms with Crippen LogP contribution in [0.3, 0.4) is 0 Å². The zero-order valence-corrected chi connectivity index (χ0v) is 21.0. The highest BCUT2D eigenvalue weighted by Crippen LogP contribution is 2.35. The fourth-order valence-corrected chi connectivity index (χ4v) is 4.99. The van der Waals surface area contributed by atoms with Crippen LogP contribution in [0.25, 0.3) is 22.2 Å². The molecule has 0 spiro atoms. The van der Waals surface area contributed by atoms with Gasteiger partial charge in [-0.2, -0.15) is 0 Å². The molecule has 0 aliphatic carbocycles. The first kappa shape index (κ1) is 22.0. The van der Waals surface area contributed by atoms with E-state index in [4.69, 9.17) is 21.3 Å². The second kappa shape index (κ2) is 9.59. The van der Waals surface area contributed by atoms with Gasteiger partial charge in [-0.1, -0.05) is 39.7 Å². The Balaban J connectivity index is 1.45. The summed E-state index contributed by atoms with van der Waals surface area (Å²) in [5.41, 5.74) is 5.40. The van der Waals surface area contributed by atoms with Crippen LogP contribution in [0.15, 0.2) is 82.8 Å². The molecule has 0 atom stereocenters. The molecule has 0 aliphatic heterocycles. The molecule has 33 heavy (non-hydrogen) atoms. The summed E-state index contributed by atoms with van der Waals surface area (Å²) >= 11 is 11.3. The molecule has 5 aromatic rings. The van der Waals surface area contributed by atoms with Gasteiger partial charge in [-0.05, 0) is 67.1 Å². The quantitative estimate of drug-likeness (QED) is 0.226. The molecule has 3 aromatic carbocycles. The predicted octanol–water partition coefficient (Wildman–Crippen LogP) is 8.37. The Morgan fingerprint density at radius 1 is 1.06 bits per heavy atom. The van der Waals surface area contributed by atoms with Crippen molar-refractivity contribution in [2.75, 3.05) is 11.9 Å². The van der Waals surface area contributed by atoms with Gasteiger partial charge in [0.05, 0.1) is 12.3 Å². The van der Waals surface area contributed by atoms with Crippen LogP contribution in [0, 0.1) is 0 Å². The van der Waals surface area contributed by atoms with E-state index in [1.54, 1.807) is 11.3 Å². The lowest BCUT2D eigenvalue weighted by Crippen LogP contribution is -1.97. The fourth-order valence-electron chi connectivity index (χ4n) is 3.77. The van der Waals surface area contributed by atoms with Gasteiger partial charge in [0.25, 0.3) is 0 Å². The Hall–Kier alpha value is -2.80. The molecule has 0 saturated carbocycles. The second-order valence-corrected chi connectivity index (χ2v) is 9.79. The molecule has 0 amide bonds. The molecular formula is C26H21BrClN3OS. The maximum atomic E-state index is 6.06. The highest BCUT2D eigenvalue weighted by molar-refractivity contribution is 9.10. The topological polar surface area (TPSA) is 39.1 Å². The van der Waals surface area contributed by atoms with Crippen LogP contribution in [-0.2, 0) is 6.54 Å². The number of benzene rings is 3. The smallest absolute Gasteiger partial charge is 0.187 e. The number of aromatic nitrogens is 2. The van der Waals surface area contributed by atoms with Gasteiger partial charge in [0.1, 0.15) is 5.75 Å². The van der Waals surface area contributed by atoms with E-state index in [1.165, 1.54) is 5.56 Å². The van der Waals surface area contributed by atoms with Crippen LogP contribution in [0.4, 0.5) is 10.8 Å². The number of fused-ring (bicyclic) bond motifs is 1. The van der Waals surface area contributed by atoms with Crippen molar-refractivity contribution in [3.63, 3.8) is 0 Å². The number of ether oxygens (including phenoxy) is 1. The summed E-state index contributed by atoms with van der Waals surface area (Å²) in [4.78, 5) is 4.88. The number of anilines is 2. The number of hydrogen-bond donors (Lipinski definition) is 1. The molecule has 2 heterocycles. The number of rotatable bonds is 7. The number of thiazole rings is 1. The van der Waals surface area contributed by atoms with Crippen LogP contribution in [0.2, 0.25) is 5.02 Å². The third-order valence-electron chi connectivity index (χ3n) is 5.31. The molecular weight excluding hydrogens is 518 g/mol. The van der Waals surface area contributed by atoms with E-state index in [2.05, 4.69) is 67.7 Å². The number of hydrogen-bond acceptors (Lipinski definition) is 4. The van der Waals surface area contributed by atoms with E-state index in [0.717, 1.165) is 54.8 Å². The third kappa shape index (κ3) is 4.93. The fraction of sp³-hybridized carbons (Fsp3) is 0.115. The first-order valence-corrected chi connectivity index (χ1v) is 12.6. The van der Waals surface area contributed by atoms with Gasteiger partial charge in [-0.15, -0.1) is 11.3 Å². The SMILES string of the molecule is CCOc1ccc(Nc2nc(-c3cn(Cc4ccc(Cl)cc4)c4ccc(Br)cc34)cs2)cc1. The standard InChI is InChI=1S/C26H21BrClN3OS/c1-2-32-21-10-8-20(9-11-21)29-26-30-24(16-33-26)23-15-31(14-17-3-6-19(28)7-4-17)25-12-5-18(27)13-22(23)25/h3-13,15-16H,2,14H2,1H3,(H,29,30). The maximum Gasteiger partial charge on any atom is 0.187 e. The number of nitrogens with one attached hydrogen (secondary N) is 1. The molecule has 0 unspecified atom stereocenters. The summed E-state index contributed by atoms with van der Waals surface area (Å²) in [5.74, 6) is 0.863. The zero-order valence-electron chi connectivity index (χ0n) is 17.9. The minimum Gasteiger partial charge on any atom is -0.494 e. The van der Waals surface area contributed by atoms with Crippen LogP contribution in [0.1, 0.15) is 12.5 Å². The van der Waals surface area contributed by atoms with Crippen molar-refractivity contribution in [2.45, 2.75) is 13.5 Å². The van der Waals surface area contributed by atoms with E-state index < -0.39 is 0 Å². The maximum absolute atomic E-state index is 6.06. The van der Waals surface area contributed by atoms with E-state index in [1.807, 2.05) is 43.3 Å². The lowest BCUT2D eigenvalue weighted by Gasteiger charge is -2.06. The van der Waals surface area contributed by atoms with Crippen molar-refractivity contribution in [3.05, 3.63) is 93.4 Å². The molecule has 0 bridgehead atoms. The van der Waals surface area contributed by atoms with E-state index in [9.17, 15) is 0 Å². The summed E-state index contributed by atoms with van der Waals surface area (Å²) in [6.45, 7) is 3.40. The van der Waals surface area contributed by atoms with Crippen molar-refractivity contribution in [3.8, 4) is 17.0 Å². The Bertz CT molecular complexity index is 1390. The summed E-state index contributed by atoms with van der Waals surface area (Å²) in [6.07, 6.45) is 2.18. The van der Waals surface area contributed by atoms with E-state index in [0.29, 0.717) is 6.61 Å². The Kier molecular flexibility index (Phi) is 6.40. The van der Waals surface area contributed by atoms with Gasteiger partial charge < -0.3 is 14.6 Å². The molecule has 5 rings (SSSR count). The number of halogens is 2. The van der Waals surface area contributed by atoms with Crippen molar-refractivity contribution in [1.29, 1.82) is 0 Å². The summed E-state index contributed by atoms with van der Waals surface area (Å²) in [5, 5.41) is 8.25. The van der Waals surface area contributed by atoms with Gasteiger partial charge in [0.2, 0.25) is 0 Å². The lowest BCUT2D eigenvalue weighted by molar-refractivity contribution is 0.340. The molecule has 7 heteroatoms. The summed E-state index contributed by atoms with van der Waals surface area (Å²) in [6, 6.07) is 22.3. The predicted molar refractivity (Wildman–Crippen MR) is 142 cm³/mol. The largest absolute Gasteiger partial charge is 0.494 e. The van der Waals surface area contributed by atoms with Crippen LogP contribution >= 0.6 is 38.9 Å². The summed E-state index contributed by atoms with van der Waals surface area (Å²) < 4.78 is 8.83.